The van der Waals surface area contributed by atoms with Crippen molar-refractivity contribution < 1.29 is 10.2 Å². The number of phenols is 1. The van der Waals surface area contributed by atoms with Gasteiger partial charge in [-0.1, -0.05) is 31.5 Å². The minimum Gasteiger partial charge on any atom is -0.507 e. The first-order valence-electron chi connectivity index (χ1n) is 6.17. The van der Waals surface area contributed by atoms with Crippen molar-refractivity contribution in [3.63, 3.8) is 0 Å². The molecular weight excluding hydrogens is 214 g/mol. The molecule has 1 unspecified atom stereocenters. The molecular formula is C14H23NO2. The highest BCUT2D eigenvalue weighted by Crippen LogP contribution is 2.21. The second-order valence-corrected chi connectivity index (χ2v) is 4.93. The van der Waals surface area contributed by atoms with E-state index in [1.165, 1.54) is 0 Å². The molecule has 1 atom stereocenters. The summed E-state index contributed by atoms with van der Waals surface area (Å²) in [4.78, 5) is 0. The first-order chi connectivity index (χ1) is 7.96. The zero-order valence-corrected chi connectivity index (χ0v) is 11.0. The van der Waals surface area contributed by atoms with Crippen molar-refractivity contribution in [3.8, 4) is 5.75 Å². The average Bonchev–Trinajstić information content (AvgIpc) is 2.24. The van der Waals surface area contributed by atoms with Gasteiger partial charge in [-0.2, -0.15) is 0 Å². The van der Waals surface area contributed by atoms with Crippen molar-refractivity contribution in [2.24, 2.45) is 0 Å². The zero-order chi connectivity index (χ0) is 12.9. The van der Waals surface area contributed by atoms with Crippen LogP contribution in [0, 0.1) is 6.92 Å². The Bertz CT molecular complexity index is 361. The predicted octanol–water partition coefficient (Wildman–Crippen LogP) is 2.34. The van der Waals surface area contributed by atoms with E-state index in [-0.39, 0.29) is 0 Å². The van der Waals surface area contributed by atoms with Crippen LogP contribution in [-0.4, -0.2) is 22.4 Å². The number of aliphatic hydroxyl groups is 1. The summed E-state index contributed by atoms with van der Waals surface area (Å²) >= 11 is 0. The van der Waals surface area contributed by atoms with Crippen molar-refractivity contribution in [2.75, 3.05) is 6.54 Å². The third-order valence-electron chi connectivity index (χ3n) is 2.93. The molecule has 0 radical (unpaired) electrons. The summed E-state index contributed by atoms with van der Waals surface area (Å²) in [6, 6.07) is 5.70. The molecule has 0 aliphatic carbocycles. The molecule has 1 aromatic rings. The number of benzene rings is 1. The van der Waals surface area contributed by atoms with E-state index in [2.05, 4.69) is 12.2 Å². The third kappa shape index (κ3) is 4.36. The van der Waals surface area contributed by atoms with Crippen molar-refractivity contribution >= 4 is 0 Å². The monoisotopic (exact) mass is 237 g/mol. The number of aromatic hydroxyl groups is 1. The van der Waals surface area contributed by atoms with Crippen LogP contribution in [-0.2, 0) is 6.54 Å². The molecule has 0 aromatic heterocycles. The van der Waals surface area contributed by atoms with Crippen molar-refractivity contribution in [3.05, 3.63) is 29.3 Å². The van der Waals surface area contributed by atoms with Gasteiger partial charge in [-0.3, -0.25) is 0 Å². The Morgan fingerprint density at radius 3 is 2.71 bits per heavy atom. The van der Waals surface area contributed by atoms with Crippen molar-refractivity contribution in [2.45, 2.75) is 45.8 Å². The SMILES string of the molecule is CCCC(C)(O)CNCc1cccc(C)c1O. The van der Waals surface area contributed by atoms with E-state index in [4.69, 9.17) is 0 Å². The summed E-state index contributed by atoms with van der Waals surface area (Å²) in [6.45, 7) is 6.88. The summed E-state index contributed by atoms with van der Waals surface area (Å²) in [7, 11) is 0. The van der Waals surface area contributed by atoms with Gasteiger partial charge < -0.3 is 15.5 Å². The van der Waals surface area contributed by atoms with Gasteiger partial charge in [0.05, 0.1) is 5.60 Å². The van der Waals surface area contributed by atoms with Crippen LogP contribution in [0.1, 0.15) is 37.8 Å². The Morgan fingerprint density at radius 1 is 1.35 bits per heavy atom. The van der Waals surface area contributed by atoms with E-state index in [9.17, 15) is 10.2 Å². The third-order valence-corrected chi connectivity index (χ3v) is 2.93. The summed E-state index contributed by atoms with van der Waals surface area (Å²) in [5.41, 5.74) is 1.08. The molecule has 1 rings (SSSR count). The second-order valence-electron chi connectivity index (χ2n) is 4.93. The molecule has 1 aromatic carbocycles. The van der Waals surface area contributed by atoms with Gasteiger partial charge >= 0.3 is 0 Å². The molecule has 0 saturated heterocycles. The molecule has 0 amide bonds. The first kappa shape index (κ1) is 14.0. The normalized spacial score (nSPS) is 14.6. The maximum Gasteiger partial charge on any atom is 0.122 e. The minimum absolute atomic E-state index is 0.343. The van der Waals surface area contributed by atoms with Crippen molar-refractivity contribution in [1.82, 2.24) is 5.32 Å². The molecule has 0 fully saturated rings. The molecule has 3 N–H and O–H groups in total. The van der Waals surface area contributed by atoms with E-state index in [1.54, 1.807) is 0 Å². The lowest BCUT2D eigenvalue weighted by Crippen LogP contribution is -2.37. The fourth-order valence-corrected chi connectivity index (χ4v) is 1.96. The molecule has 0 saturated carbocycles. The number of hydrogen-bond donors (Lipinski definition) is 3. The number of hydrogen-bond acceptors (Lipinski definition) is 3. The van der Waals surface area contributed by atoms with Gasteiger partial charge in [-0.15, -0.1) is 0 Å². The van der Waals surface area contributed by atoms with Crippen LogP contribution in [0.4, 0.5) is 0 Å². The highest BCUT2D eigenvalue weighted by molar-refractivity contribution is 5.39. The lowest BCUT2D eigenvalue weighted by Gasteiger charge is -2.23. The predicted molar refractivity (Wildman–Crippen MR) is 70.1 cm³/mol. The highest BCUT2D eigenvalue weighted by atomic mass is 16.3. The van der Waals surface area contributed by atoms with Gasteiger partial charge in [0.1, 0.15) is 5.75 Å². The van der Waals surface area contributed by atoms with Gasteiger partial charge in [0.2, 0.25) is 0 Å². The van der Waals surface area contributed by atoms with Crippen LogP contribution in [0.25, 0.3) is 0 Å². The van der Waals surface area contributed by atoms with Gasteiger partial charge in [0.25, 0.3) is 0 Å². The van der Waals surface area contributed by atoms with Crippen LogP contribution in [0.15, 0.2) is 18.2 Å². The summed E-state index contributed by atoms with van der Waals surface area (Å²) < 4.78 is 0. The lowest BCUT2D eigenvalue weighted by molar-refractivity contribution is 0.0497. The van der Waals surface area contributed by atoms with Crippen LogP contribution in [0.2, 0.25) is 0 Å². The van der Waals surface area contributed by atoms with E-state index in [1.807, 2.05) is 32.0 Å². The first-order valence-corrected chi connectivity index (χ1v) is 6.17. The Kier molecular flexibility index (Phi) is 4.97. The molecule has 0 aliphatic rings. The lowest BCUT2D eigenvalue weighted by atomic mass is 10.0. The molecule has 96 valence electrons. The average molecular weight is 237 g/mol. The Morgan fingerprint density at radius 2 is 2.06 bits per heavy atom. The molecule has 0 aliphatic heterocycles. The zero-order valence-electron chi connectivity index (χ0n) is 11.0. The maximum absolute atomic E-state index is 9.99. The van der Waals surface area contributed by atoms with Gasteiger partial charge in [-0.25, -0.2) is 0 Å². The van der Waals surface area contributed by atoms with E-state index in [0.717, 1.165) is 24.0 Å². The smallest absolute Gasteiger partial charge is 0.122 e. The maximum atomic E-state index is 9.99. The topological polar surface area (TPSA) is 52.5 Å². The van der Waals surface area contributed by atoms with Gasteiger partial charge in [0.15, 0.2) is 0 Å². The summed E-state index contributed by atoms with van der Waals surface area (Å²) in [6.07, 6.45) is 1.74. The molecule has 0 bridgehead atoms. The fraction of sp³-hybridized carbons (Fsp3) is 0.571. The Balaban J connectivity index is 2.49. The number of nitrogens with one attached hydrogen (secondary N) is 1. The number of aryl methyl sites for hydroxylation is 1. The fourth-order valence-electron chi connectivity index (χ4n) is 1.96. The highest BCUT2D eigenvalue weighted by Gasteiger charge is 2.18. The Hall–Kier alpha value is -1.06. The standard InChI is InChI=1S/C14H23NO2/c1-4-8-14(3,17)10-15-9-12-7-5-6-11(2)13(12)16/h5-7,15-17H,4,8-10H2,1-3H3. The molecule has 3 heteroatoms. The molecule has 17 heavy (non-hydrogen) atoms. The van der Waals surface area contributed by atoms with Crippen LogP contribution in [0.5, 0.6) is 5.75 Å². The van der Waals surface area contributed by atoms with Gasteiger partial charge in [-0.05, 0) is 25.8 Å². The number of para-hydroxylation sites is 1. The summed E-state index contributed by atoms with van der Waals surface area (Å²) in [5, 5.41) is 23.0. The number of rotatable bonds is 6. The van der Waals surface area contributed by atoms with E-state index >= 15 is 0 Å². The largest absolute Gasteiger partial charge is 0.507 e. The number of phenolic OH excluding ortho intramolecular Hbond substituents is 1. The quantitative estimate of drug-likeness (QED) is 0.712. The van der Waals surface area contributed by atoms with Crippen molar-refractivity contribution in [1.29, 1.82) is 0 Å². The molecule has 3 nitrogen and oxygen atoms in total. The summed E-state index contributed by atoms with van der Waals surface area (Å²) in [5.74, 6) is 0.343. The second kappa shape index (κ2) is 6.03. The molecule has 0 spiro atoms. The van der Waals surface area contributed by atoms with Gasteiger partial charge in [0, 0.05) is 18.7 Å². The minimum atomic E-state index is -0.672. The van der Waals surface area contributed by atoms with Crippen LogP contribution < -0.4 is 5.32 Å². The van der Waals surface area contributed by atoms with E-state index < -0.39 is 5.60 Å². The van der Waals surface area contributed by atoms with Crippen LogP contribution >= 0.6 is 0 Å². The van der Waals surface area contributed by atoms with Crippen LogP contribution in [0.3, 0.4) is 0 Å². The Labute approximate surface area is 103 Å². The van der Waals surface area contributed by atoms with E-state index in [0.29, 0.717) is 18.8 Å². The molecule has 0 heterocycles.